The minimum absolute atomic E-state index is 0.154. The summed E-state index contributed by atoms with van der Waals surface area (Å²) in [6, 6.07) is 1.57. The Labute approximate surface area is 89.6 Å². The van der Waals surface area contributed by atoms with Crippen LogP contribution in [0.3, 0.4) is 0 Å². The summed E-state index contributed by atoms with van der Waals surface area (Å²) < 4.78 is 11.9. The molecule has 14 heavy (non-hydrogen) atoms. The lowest BCUT2D eigenvalue weighted by molar-refractivity contribution is 0.669. The van der Waals surface area contributed by atoms with Gasteiger partial charge in [-0.1, -0.05) is 11.6 Å². The third kappa shape index (κ3) is 2.10. The topological polar surface area (TPSA) is 54.9 Å². The Morgan fingerprint density at radius 1 is 1.57 bits per heavy atom. The van der Waals surface area contributed by atoms with Crippen LogP contribution in [0.2, 0.25) is 5.15 Å². The third-order valence-electron chi connectivity index (χ3n) is 2.13. The maximum absolute atomic E-state index is 11.9. The zero-order valence-corrected chi connectivity index (χ0v) is 9.01. The van der Waals surface area contributed by atoms with Crippen LogP contribution in [0.5, 0.6) is 0 Å². The number of nitrogens with zero attached hydrogens (tertiary/aromatic N) is 2. The van der Waals surface area contributed by atoms with Gasteiger partial charge in [-0.05, 0) is 13.0 Å². The minimum Gasteiger partial charge on any atom is -0.315 e. The van der Waals surface area contributed by atoms with Gasteiger partial charge in [0.2, 0.25) is 0 Å². The Hall–Kier alpha value is -0.520. The number of rotatable bonds is 2. The smallest absolute Gasteiger partial charge is 0.133 e. The Balaban J connectivity index is 2.17. The normalized spacial score (nSPS) is 23.6. The highest BCUT2D eigenvalue weighted by atomic mass is 35.5. The zero-order chi connectivity index (χ0) is 9.97. The van der Waals surface area contributed by atoms with Crippen molar-refractivity contribution in [1.82, 2.24) is 15.3 Å². The van der Waals surface area contributed by atoms with Crippen molar-refractivity contribution in [2.75, 3.05) is 13.1 Å². The number of hydrogen-bond acceptors (Lipinski definition) is 4. The van der Waals surface area contributed by atoms with Crippen molar-refractivity contribution < 1.29 is 4.21 Å². The number of hydrogen-bond donors (Lipinski definition) is 1. The first-order valence-corrected chi connectivity index (χ1v) is 5.95. The fourth-order valence-electron chi connectivity index (χ4n) is 1.41. The van der Waals surface area contributed by atoms with Crippen LogP contribution in [-0.2, 0) is 10.8 Å². The average Bonchev–Trinajstić information content (AvgIpc) is 2.69. The molecule has 2 atom stereocenters. The quantitative estimate of drug-likeness (QED) is 0.758. The van der Waals surface area contributed by atoms with E-state index < -0.39 is 10.8 Å². The molecule has 0 saturated carbocycles. The van der Waals surface area contributed by atoms with Crippen molar-refractivity contribution in [3.63, 3.8) is 0 Å². The van der Waals surface area contributed by atoms with Gasteiger partial charge in [-0.2, -0.15) is 0 Å². The van der Waals surface area contributed by atoms with Crippen molar-refractivity contribution in [3.8, 4) is 0 Å². The van der Waals surface area contributed by atoms with E-state index in [1.54, 1.807) is 6.07 Å². The first-order valence-electron chi connectivity index (χ1n) is 4.36. The molecule has 6 heteroatoms. The van der Waals surface area contributed by atoms with Crippen LogP contribution >= 0.6 is 11.6 Å². The van der Waals surface area contributed by atoms with Gasteiger partial charge >= 0.3 is 0 Å². The standard InChI is InChI=1S/C8H10ClN3OS/c9-7-3-8(12-5-11-7)14(13)6-1-2-10-4-6/h3,5-6,10H,1-2,4H2/t6-,14?/m0/s1. The lowest BCUT2D eigenvalue weighted by atomic mass is 10.4. The molecule has 2 heterocycles. The Bertz CT molecular complexity index is 354. The molecule has 1 N–H and O–H groups in total. The summed E-state index contributed by atoms with van der Waals surface area (Å²) in [6.07, 6.45) is 2.27. The van der Waals surface area contributed by atoms with E-state index in [1.165, 1.54) is 6.33 Å². The minimum atomic E-state index is -1.07. The van der Waals surface area contributed by atoms with E-state index in [1.807, 2.05) is 0 Å². The van der Waals surface area contributed by atoms with Crippen molar-refractivity contribution >= 4 is 22.4 Å². The second-order valence-electron chi connectivity index (χ2n) is 3.09. The van der Waals surface area contributed by atoms with Crippen LogP contribution in [-0.4, -0.2) is 32.5 Å². The summed E-state index contributed by atoms with van der Waals surface area (Å²) in [5.74, 6) is 0. The second kappa shape index (κ2) is 4.33. The predicted molar refractivity (Wildman–Crippen MR) is 54.7 cm³/mol. The molecule has 1 aliphatic rings. The van der Waals surface area contributed by atoms with E-state index in [0.29, 0.717) is 10.2 Å². The van der Waals surface area contributed by atoms with Crippen LogP contribution in [0.4, 0.5) is 0 Å². The molecule has 0 amide bonds. The summed E-state index contributed by atoms with van der Waals surface area (Å²) in [5, 5.41) is 4.19. The van der Waals surface area contributed by atoms with Gasteiger partial charge in [0.25, 0.3) is 0 Å². The van der Waals surface area contributed by atoms with Crippen LogP contribution in [0.15, 0.2) is 17.4 Å². The van der Waals surface area contributed by atoms with Crippen LogP contribution in [0.25, 0.3) is 0 Å². The van der Waals surface area contributed by atoms with E-state index >= 15 is 0 Å². The SMILES string of the molecule is O=S(c1cc(Cl)ncn1)[C@H]1CCNC1. The van der Waals surface area contributed by atoms with Crippen molar-refractivity contribution in [2.45, 2.75) is 16.7 Å². The molecule has 1 unspecified atom stereocenters. The van der Waals surface area contributed by atoms with Gasteiger partial charge in [-0.3, -0.25) is 4.21 Å². The monoisotopic (exact) mass is 231 g/mol. The lowest BCUT2D eigenvalue weighted by Gasteiger charge is -2.06. The van der Waals surface area contributed by atoms with E-state index in [4.69, 9.17) is 11.6 Å². The first-order chi connectivity index (χ1) is 6.77. The molecule has 1 aromatic rings. The molecule has 4 nitrogen and oxygen atoms in total. The molecule has 0 aromatic carbocycles. The molecule has 0 bridgehead atoms. The fourth-order valence-corrected chi connectivity index (χ4v) is 2.94. The Morgan fingerprint density at radius 2 is 2.43 bits per heavy atom. The van der Waals surface area contributed by atoms with E-state index in [2.05, 4.69) is 15.3 Å². The van der Waals surface area contributed by atoms with Gasteiger partial charge in [0.1, 0.15) is 16.5 Å². The number of aromatic nitrogens is 2. The van der Waals surface area contributed by atoms with Gasteiger partial charge in [-0.15, -0.1) is 0 Å². The summed E-state index contributed by atoms with van der Waals surface area (Å²) in [7, 11) is -1.07. The molecule has 0 aliphatic carbocycles. The lowest BCUT2D eigenvalue weighted by Crippen LogP contribution is -2.19. The van der Waals surface area contributed by atoms with E-state index in [9.17, 15) is 4.21 Å². The van der Waals surface area contributed by atoms with Crippen LogP contribution < -0.4 is 5.32 Å². The second-order valence-corrected chi connectivity index (χ2v) is 5.16. The van der Waals surface area contributed by atoms with Crippen LogP contribution in [0, 0.1) is 0 Å². The molecule has 1 aliphatic heterocycles. The molecular weight excluding hydrogens is 222 g/mol. The molecule has 2 rings (SSSR count). The van der Waals surface area contributed by atoms with Crippen molar-refractivity contribution in [2.24, 2.45) is 0 Å². The first kappa shape index (κ1) is 10.0. The van der Waals surface area contributed by atoms with Gasteiger partial charge < -0.3 is 5.32 Å². The maximum atomic E-state index is 11.9. The average molecular weight is 232 g/mol. The highest BCUT2D eigenvalue weighted by Gasteiger charge is 2.23. The predicted octanol–water partition coefficient (Wildman–Crippen LogP) is 0.599. The highest BCUT2D eigenvalue weighted by molar-refractivity contribution is 7.85. The van der Waals surface area contributed by atoms with E-state index in [-0.39, 0.29) is 5.25 Å². The number of halogens is 1. The Morgan fingerprint density at radius 3 is 3.07 bits per heavy atom. The molecule has 1 aromatic heterocycles. The summed E-state index contributed by atoms with van der Waals surface area (Å²) in [6.45, 7) is 1.71. The van der Waals surface area contributed by atoms with Crippen LogP contribution in [0.1, 0.15) is 6.42 Å². The zero-order valence-electron chi connectivity index (χ0n) is 7.44. The van der Waals surface area contributed by atoms with Gasteiger partial charge in [-0.25, -0.2) is 9.97 Å². The third-order valence-corrected chi connectivity index (χ3v) is 3.98. The summed E-state index contributed by atoms with van der Waals surface area (Å²) in [5.41, 5.74) is 0. The summed E-state index contributed by atoms with van der Waals surface area (Å²) in [4.78, 5) is 7.71. The molecule has 0 spiro atoms. The largest absolute Gasteiger partial charge is 0.315 e. The molecular formula is C8H10ClN3OS. The molecule has 0 radical (unpaired) electrons. The Kier molecular flexibility index (Phi) is 3.10. The van der Waals surface area contributed by atoms with Crippen molar-refractivity contribution in [1.29, 1.82) is 0 Å². The molecule has 1 saturated heterocycles. The summed E-state index contributed by atoms with van der Waals surface area (Å²) >= 11 is 5.69. The van der Waals surface area contributed by atoms with E-state index in [0.717, 1.165) is 19.5 Å². The van der Waals surface area contributed by atoms with Gasteiger partial charge in [0, 0.05) is 12.6 Å². The fraction of sp³-hybridized carbons (Fsp3) is 0.500. The molecule has 1 fully saturated rings. The molecule has 76 valence electrons. The van der Waals surface area contributed by atoms with Gasteiger partial charge in [0.15, 0.2) is 0 Å². The maximum Gasteiger partial charge on any atom is 0.133 e. The highest BCUT2D eigenvalue weighted by Crippen LogP contribution is 2.15. The number of nitrogens with one attached hydrogen (secondary N) is 1. The van der Waals surface area contributed by atoms with Gasteiger partial charge in [0.05, 0.1) is 16.0 Å². The van der Waals surface area contributed by atoms with Crippen molar-refractivity contribution in [3.05, 3.63) is 17.5 Å².